The molecule has 10 heteroatoms. The molecule has 39 heavy (non-hydrogen) atoms. The van der Waals surface area contributed by atoms with Gasteiger partial charge in [-0.25, -0.2) is 9.59 Å². The van der Waals surface area contributed by atoms with Crippen LogP contribution in [0.5, 0.6) is 0 Å². The van der Waals surface area contributed by atoms with E-state index in [1.807, 2.05) is 30.3 Å². The van der Waals surface area contributed by atoms with Gasteiger partial charge in [-0.3, -0.25) is 14.4 Å². The SMILES string of the molecule is C=CC[C@](C)(NC(=O)CC[C@@H](NC(=O)CCCCCC)C(=O)OCc1ccccc1)C(=O)N[C@H](C)C(=O)OC. The standard InChI is InChI=1S/C29H43N3O7/c1-6-8-9-13-16-24(33)31-23(27(36)39-20-22-14-11-10-12-15-22)17-18-25(34)32-29(4,19-7-2)28(37)30-21(3)26(35)38-5/h7,10-12,14-15,21,23H,2,6,8-9,13,16-20H2,1,3-5H3,(H,30,37)(H,31,33)(H,32,34)/t21-,23-,29+/m1/s1. The predicted octanol–water partition coefficient (Wildman–Crippen LogP) is 3.09. The summed E-state index contributed by atoms with van der Waals surface area (Å²) in [6.07, 6.45) is 5.32. The van der Waals surface area contributed by atoms with Gasteiger partial charge in [-0.05, 0) is 38.7 Å². The first kappa shape index (κ1) is 33.3. The van der Waals surface area contributed by atoms with Gasteiger partial charge in [-0.2, -0.15) is 0 Å². The fourth-order valence-electron chi connectivity index (χ4n) is 3.78. The van der Waals surface area contributed by atoms with E-state index in [0.29, 0.717) is 6.42 Å². The highest BCUT2D eigenvalue weighted by atomic mass is 16.5. The van der Waals surface area contributed by atoms with Gasteiger partial charge in [0.1, 0.15) is 24.2 Å². The minimum absolute atomic E-state index is 0.0233. The van der Waals surface area contributed by atoms with Crippen LogP contribution < -0.4 is 16.0 Å². The maximum absolute atomic E-state index is 12.9. The molecule has 1 aromatic carbocycles. The summed E-state index contributed by atoms with van der Waals surface area (Å²) in [6, 6.07) is 7.18. The molecule has 0 bridgehead atoms. The van der Waals surface area contributed by atoms with E-state index < -0.39 is 41.4 Å². The summed E-state index contributed by atoms with van der Waals surface area (Å²) in [6.45, 7) is 8.73. The van der Waals surface area contributed by atoms with Crippen molar-refractivity contribution in [1.82, 2.24) is 16.0 Å². The molecule has 0 aliphatic carbocycles. The third kappa shape index (κ3) is 12.6. The van der Waals surface area contributed by atoms with Crippen LogP contribution in [-0.4, -0.2) is 54.4 Å². The van der Waals surface area contributed by atoms with Gasteiger partial charge in [-0.15, -0.1) is 6.58 Å². The molecule has 216 valence electrons. The van der Waals surface area contributed by atoms with Crippen molar-refractivity contribution in [1.29, 1.82) is 0 Å². The number of ether oxygens (including phenoxy) is 2. The number of hydrogen-bond donors (Lipinski definition) is 3. The lowest BCUT2D eigenvalue weighted by atomic mass is 9.95. The Labute approximate surface area is 231 Å². The lowest BCUT2D eigenvalue weighted by Crippen LogP contribution is -2.59. The molecule has 3 N–H and O–H groups in total. The van der Waals surface area contributed by atoms with Gasteiger partial charge in [0.2, 0.25) is 17.7 Å². The summed E-state index contributed by atoms with van der Waals surface area (Å²) in [4.78, 5) is 62.8. The van der Waals surface area contributed by atoms with Crippen LogP contribution >= 0.6 is 0 Å². The first-order valence-corrected chi connectivity index (χ1v) is 13.4. The van der Waals surface area contributed by atoms with E-state index in [-0.39, 0.29) is 38.2 Å². The number of esters is 2. The molecule has 0 aromatic heterocycles. The lowest BCUT2D eigenvalue weighted by Gasteiger charge is -2.30. The minimum atomic E-state index is -1.40. The lowest BCUT2D eigenvalue weighted by molar-refractivity contribution is -0.149. The molecule has 0 heterocycles. The van der Waals surface area contributed by atoms with Crippen molar-refractivity contribution in [2.45, 2.75) is 96.4 Å². The van der Waals surface area contributed by atoms with Gasteiger partial charge in [-0.1, -0.05) is 62.6 Å². The van der Waals surface area contributed by atoms with Crippen LogP contribution in [0.1, 0.15) is 77.7 Å². The third-order valence-corrected chi connectivity index (χ3v) is 6.13. The van der Waals surface area contributed by atoms with Crippen molar-refractivity contribution in [3.05, 3.63) is 48.6 Å². The van der Waals surface area contributed by atoms with Crippen LogP contribution in [0.15, 0.2) is 43.0 Å². The Kier molecular flexibility index (Phi) is 15.2. The molecule has 0 fully saturated rings. The van der Waals surface area contributed by atoms with Crippen molar-refractivity contribution in [2.75, 3.05) is 7.11 Å². The van der Waals surface area contributed by atoms with Crippen LogP contribution in [0.25, 0.3) is 0 Å². The normalized spacial score (nSPS) is 13.6. The first-order chi connectivity index (χ1) is 18.6. The topological polar surface area (TPSA) is 140 Å². The summed E-state index contributed by atoms with van der Waals surface area (Å²) in [7, 11) is 1.21. The second-order valence-corrected chi connectivity index (χ2v) is 9.65. The Bertz CT molecular complexity index is 967. The van der Waals surface area contributed by atoms with Crippen LogP contribution in [0, 0.1) is 0 Å². The van der Waals surface area contributed by atoms with Gasteiger partial charge < -0.3 is 25.4 Å². The number of hydrogen-bond acceptors (Lipinski definition) is 7. The largest absolute Gasteiger partial charge is 0.467 e. The van der Waals surface area contributed by atoms with Crippen molar-refractivity contribution >= 4 is 29.7 Å². The zero-order valence-corrected chi connectivity index (χ0v) is 23.5. The predicted molar refractivity (Wildman–Crippen MR) is 147 cm³/mol. The molecule has 0 aliphatic rings. The van der Waals surface area contributed by atoms with E-state index in [2.05, 4.69) is 34.2 Å². The highest BCUT2D eigenvalue weighted by Gasteiger charge is 2.35. The third-order valence-electron chi connectivity index (χ3n) is 6.13. The molecule has 0 unspecified atom stereocenters. The number of amides is 3. The molecule has 0 radical (unpaired) electrons. The molecule has 0 spiro atoms. The minimum Gasteiger partial charge on any atom is -0.467 e. The highest BCUT2D eigenvalue weighted by Crippen LogP contribution is 2.14. The Balaban J connectivity index is 2.85. The fraction of sp³-hybridized carbons (Fsp3) is 0.552. The number of rotatable bonds is 18. The van der Waals surface area contributed by atoms with Crippen molar-refractivity contribution < 1.29 is 33.4 Å². The molecule has 3 amide bonds. The number of benzene rings is 1. The van der Waals surface area contributed by atoms with E-state index in [4.69, 9.17) is 4.74 Å². The Hall–Kier alpha value is -3.69. The average Bonchev–Trinajstić information content (AvgIpc) is 2.92. The maximum Gasteiger partial charge on any atom is 0.328 e. The number of unbranched alkanes of at least 4 members (excludes halogenated alkanes) is 3. The summed E-state index contributed by atoms with van der Waals surface area (Å²) >= 11 is 0. The van der Waals surface area contributed by atoms with Gasteiger partial charge in [0.15, 0.2) is 0 Å². The first-order valence-electron chi connectivity index (χ1n) is 13.4. The second-order valence-electron chi connectivity index (χ2n) is 9.65. The monoisotopic (exact) mass is 545 g/mol. The molecule has 3 atom stereocenters. The van der Waals surface area contributed by atoms with E-state index in [0.717, 1.165) is 24.8 Å². The molecule has 10 nitrogen and oxygen atoms in total. The average molecular weight is 546 g/mol. The van der Waals surface area contributed by atoms with E-state index in [9.17, 15) is 24.0 Å². The summed E-state index contributed by atoms with van der Waals surface area (Å²) in [5.74, 6) is -2.67. The van der Waals surface area contributed by atoms with E-state index >= 15 is 0 Å². The van der Waals surface area contributed by atoms with Crippen molar-refractivity contribution in [3.63, 3.8) is 0 Å². The Morgan fingerprint density at radius 1 is 0.974 bits per heavy atom. The van der Waals surface area contributed by atoms with E-state index in [1.165, 1.54) is 27.0 Å². The molecule has 1 aromatic rings. The van der Waals surface area contributed by atoms with Gasteiger partial charge in [0, 0.05) is 12.8 Å². The molecule has 0 saturated carbocycles. The fourth-order valence-corrected chi connectivity index (χ4v) is 3.78. The molecular weight excluding hydrogens is 502 g/mol. The summed E-state index contributed by atoms with van der Waals surface area (Å²) < 4.78 is 10.0. The van der Waals surface area contributed by atoms with Gasteiger partial charge in [0.05, 0.1) is 7.11 Å². The maximum atomic E-state index is 12.9. The van der Waals surface area contributed by atoms with E-state index in [1.54, 1.807) is 0 Å². The smallest absolute Gasteiger partial charge is 0.328 e. The molecular formula is C29H43N3O7. The Morgan fingerprint density at radius 3 is 2.28 bits per heavy atom. The number of nitrogens with one attached hydrogen (secondary N) is 3. The van der Waals surface area contributed by atoms with Gasteiger partial charge in [0.25, 0.3) is 0 Å². The van der Waals surface area contributed by atoms with Gasteiger partial charge >= 0.3 is 11.9 Å². The highest BCUT2D eigenvalue weighted by molar-refractivity contribution is 5.94. The van der Waals surface area contributed by atoms with Crippen molar-refractivity contribution in [3.8, 4) is 0 Å². The summed E-state index contributed by atoms with van der Waals surface area (Å²) in [5, 5.41) is 7.90. The van der Waals surface area contributed by atoms with Crippen LogP contribution in [-0.2, 0) is 40.1 Å². The number of carbonyl (C=O) groups is 5. The zero-order valence-electron chi connectivity index (χ0n) is 23.5. The summed E-state index contributed by atoms with van der Waals surface area (Å²) in [5.41, 5.74) is -0.604. The zero-order chi connectivity index (χ0) is 29.3. The number of carbonyl (C=O) groups excluding carboxylic acids is 5. The molecule has 0 aliphatic heterocycles. The molecule has 1 rings (SSSR count). The van der Waals surface area contributed by atoms with Crippen LogP contribution in [0.2, 0.25) is 0 Å². The van der Waals surface area contributed by atoms with Crippen molar-refractivity contribution in [2.24, 2.45) is 0 Å². The molecule has 0 saturated heterocycles. The number of methoxy groups -OCH3 is 1. The second kappa shape index (κ2) is 17.8. The quantitative estimate of drug-likeness (QED) is 0.146. The Morgan fingerprint density at radius 2 is 1.67 bits per heavy atom. The van der Waals surface area contributed by atoms with Crippen LogP contribution in [0.4, 0.5) is 0 Å². The van der Waals surface area contributed by atoms with Crippen LogP contribution in [0.3, 0.4) is 0 Å².